The number of halogens is 2. The Kier molecular flexibility index (Phi) is 8.66. The highest BCUT2D eigenvalue weighted by Crippen LogP contribution is 2.30. The highest BCUT2D eigenvalue weighted by atomic mass is 32.1. The van der Waals surface area contributed by atoms with Crippen molar-refractivity contribution in [3.63, 3.8) is 0 Å². The van der Waals surface area contributed by atoms with E-state index in [0.29, 0.717) is 11.1 Å². The van der Waals surface area contributed by atoms with Crippen molar-refractivity contribution < 1.29 is 18.3 Å². The molecule has 1 amide bonds. The summed E-state index contributed by atoms with van der Waals surface area (Å²) in [5.41, 5.74) is 1.92. The first-order chi connectivity index (χ1) is 16.4. The Labute approximate surface area is 203 Å². The predicted molar refractivity (Wildman–Crippen MR) is 128 cm³/mol. The minimum atomic E-state index is -2.47. The molecule has 1 aliphatic carbocycles. The number of carbonyl (C=O) groups excluding carboxylic acids is 1. The molecule has 0 atom stereocenters. The van der Waals surface area contributed by atoms with E-state index < -0.39 is 13.0 Å². The average Bonchev–Trinajstić information content (AvgIpc) is 3.37. The number of alkyl halides is 2. The average molecular weight is 494 g/mol. The standard InChI is InChI=1S/C24H33F2N5O2S/c1-30-15-18(14-27-30)4-7-23(32)28-19-5-2-17(3-6-19)8-11-31-12-9-20-21(10-13-31)34-24(29-20)33-16-22(25)26/h4,7,14-15,17,19,22H,2-3,5-6,8-13,16H2,1H3,(H,28,32)/b7-4+. The molecule has 4 rings (SSSR count). The molecule has 1 saturated carbocycles. The number of nitrogens with one attached hydrogen (secondary N) is 1. The largest absolute Gasteiger partial charge is 0.464 e. The summed E-state index contributed by atoms with van der Waals surface area (Å²) in [7, 11) is 1.85. The molecule has 186 valence electrons. The number of ether oxygens (including phenoxy) is 1. The van der Waals surface area contributed by atoms with Crippen LogP contribution in [-0.4, -0.2) is 64.3 Å². The van der Waals surface area contributed by atoms with Crippen molar-refractivity contribution in [2.75, 3.05) is 26.2 Å². The van der Waals surface area contributed by atoms with Crippen molar-refractivity contribution in [1.82, 2.24) is 25.0 Å². The van der Waals surface area contributed by atoms with Gasteiger partial charge in [-0.25, -0.2) is 13.8 Å². The second-order valence-corrected chi connectivity index (χ2v) is 10.2. The lowest BCUT2D eigenvalue weighted by molar-refractivity contribution is -0.117. The van der Waals surface area contributed by atoms with Crippen LogP contribution >= 0.6 is 11.3 Å². The second-order valence-electron chi connectivity index (χ2n) is 9.19. The smallest absolute Gasteiger partial charge is 0.273 e. The maximum absolute atomic E-state index is 12.3. The number of aromatic nitrogens is 3. The predicted octanol–water partition coefficient (Wildman–Crippen LogP) is 3.70. The van der Waals surface area contributed by atoms with Gasteiger partial charge in [0.05, 0.1) is 11.9 Å². The molecular weight excluding hydrogens is 460 g/mol. The third-order valence-electron chi connectivity index (χ3n) is 6.61. The third kappa shape index (κ3) is 7.33. The maximum atomic E-state index is 12.3. The van der Waals surface area contributed by atoms with E-state index in [1.165, 1.54) is 22.6 Å². The van der Waals surface area contributed by atoms with Gasteiger partial charge in [0, 0.05) is 55.3 Å². The minimum absolute atomic E-state index is 0.0410. The number of aryl methyl sites for hydroxylation is 1. The number of nitrogens with zero attached hydrogens (tertiary/aromatic N) is 4. The minimum Gasteiger partial charge on any atom is -0.464 e. The molecule has 0 bridgehead atoms. The van der Waals surface area contributed by atoms with Crippen molar-refractivity contribution in [1.29, 1.82) is 0 Å². The molecule has 0 aromatic carbocycles. The van der Waals surface area contributed by atoms with Gasteiger partial charge in [-0.15, -0.1) is 0 Å². The second kappa shape index (κ2) is 11.9. The summed E-state index contributed by atoms with van der Waals surface area (Å²) in [6, 6.07) is 0.254. The summed E-state index contributed by atoms with van der Waals surface area (Å²) in [6.45, 7) is 2.39. The van der Waals surface area contributed by atoms with Crippen LogP contribution in [0.25, 0.3) is 6.08 Å². The topological polar surface area (TPSA) is 72.3 Å². The van der Waals surface area contributed by atoms with Gasteiger partial charge in [-0.05, 0) is 57.1 Å². The molecule has 2 aliphatic rings. The van der Waals surface area contributed by atoms with Crippen molar-refractivity contribution in [2.45, 2.75) is 57.4 Å². The van der Waals surface area contributed by atoms with Crippen LogP contribution in [0.3, 0.4) is 0 Å². The molecule has 0 saturated heterocycles. The Hall–Kier alpha value is -2.33. The number of thiazole rings is 1. The van der Waals surface area contributed by atoms with Gasteiger partial charge in [0.2, 0.25) is 5.91 Å². The van der Waals surface area contributed by atoms with Crippen LogP contribution in [0.4, 0.5) is 8.78 Å². The molecule has 1 aliphatic heterocycles. The fourth-order valence-corrected chi connectivity index (χ4v) is 5.67. The summed E-state index contributed by atoms with van der Waals surface area (Å²) >= 11 is 1.41. The Morgan fingerprint density at radius 3 is 2.82 bits per heavy atom. The molecule has 2 aromatic rings. The number of hydrogen-bond donors (Lipinski definition) is 1. The number of fused-ring (bicyclic) bond motifs is 1. The zero-order chi connectivity index (χ0) is 23.9. The number of hydrogen-bond acceptors (Lipinski definition) is 6. The SMILES string of the molecule is Cn1cc(/C=C/C(=O)NC2CCC(CCN3CCc4nc(OCC(F)F)sc4CC3)CC2)cn1. The van der Waals surface area contributed by atoms with Gasteiger partial charge in [-0.3, -0.25) is 9.48 Å². The van der Waals surface area contributed by atoms with Crippen LogP contribution in [0, 0.1) is 5.92 Å². The molecule has 0 radical (unpaired) electrons. The lowest BCUT2D eigenvalue weighted by Crippen LogP contribution is -2.37. The highest BCUT2D eigenvalue weighted by Gasteiger charge is 2.24. The van der Waals surface area contributed by atoms with Crippen LogP contribution < -0.4 is 10.1 Å². The molecule has 7 nitrogen and oxygen atoms in total. The van der Waals surface area contributed by atoms with Crippen LogP contribution in [0.2, 0.25) is 0 Å². The molecule has 1 N–H and O–H groups in total. The lowest BCUT2D eigenvalue weighted by atomic mass is 9.84. The van der Waals surface area contributed by atoms with E-state index in [9.17, 15) is 13.6 Å². The fourth-order valence-electron chi connectivity index (χ4n) is 4.71. The van der Waals surface area contributed by atoms with E-state index in [-0.39, 0.29) is 11.9 Å². The van der Waals surface area contributed by atoms with Gasteiger partial charge in [0.25, 0.3) is 11.6 Å². The fraction of sp³-hybridized carbons (Fsp3) is 0.625. The van der Waals surface area contributed by atoms with Gasteiger partial charge in [0.15, 0.2) is 6.61 Å². The van der Waals surface area contributed by atoms with Gasteiger partial charge in [0.1, 0.15) is 0 Å². The third-order valence-corrected chi connectivity index (χ3v) is 7.68. The van der Waals surface area contributed by atoms with Crippen LogP contribution in [0.1, 0.15) is 48.2 Å². The monoisotopic (exact) mass is 493 g/mol. The Morgan fingerprint density at radius 1 is 1.29 bits per heavy atom. The van der Waals surface area contributed by atoms with Crippen molar-refractivity contribution in [3.8, 4) is 5.19 Å². The first-order valence-corrected chi connectivity index (χ1v) is 12.9. The van der Waals surface area contributed by atoms with E-state index >= 15 is 0 Å². The molecular formula is C24H33F2N5O2S. The number of amides is 1. The van der Waals surface area contributed by atoms with Gasteiger partial charge in [-0.1, -0.05) is 11.3 Å². The summed E-state index contributed by atoms with van der Waals surface area (Å²) in [4.78, 5) is 20.3. The normalized spacial score (nSPS) is 21.5. The van der Waals surface area contributed by atoms with Crippen molar-refractivity contribution in [3.05, 3.63) is 34.6 Å². The van der Waals surface area contributed by atoms with E-state index in [4.69, 9.17) is 4.74 Å². The Balaban J connectivity index is 1.13. The van der Waals surface area contributed by atoms with E-state index in [2.05, 4.69) is 20.3 Å². The summed E-state index contributed by atoms with van der Waals surface area (Å²) < 4.78 is 31.5. The zero-order valence-electron chi connectivity index (χ0n) is 19.6. The van der Waals surface area contributed by atoms with Crippen LogP contribution in [0.15, 0.2) is 18.5 Å². The van der Waals surface area contributed by atoms with Crippen molar-refractivity contribution in [2.24, 2.45) is 13.0 Å². The zero-order valence-corrected chi connectivity index (χ0v) is 20.4. The first kappa shape index (κ1) is 24.8. The lowest BCUT2D eigenvalue weighted by Gasteiger charge is -2.30. The van der Waals surface area contributed by atoms with Crippen LogP contribution in [0.5, 0.6) is 5.19 Å². The Bertz CT molecular complexity index is 943. The number of rotatable bonds is 9. The van der Waals surface area contributed by atoms with Gasteiger partial charge >= 0.3 is 0 Å². The first-order valence-electron chi connectivity index (χ1n) is 12.0. The number of carbonyl (C=O) groups is 1. The maximum Gasteiger partial charge on any atom is 0.273 e. The van der Waals surface area contributed by atoms with E-state index in [1.807, 2.05) is 13.2 Å². The van der Waals surface area contributed by atoms with Gasteiger partial charge in [-0.2, -0.15) is 5.10 Å². The molecule has 0 unspecified atom stereocenters. The Morgan fingerprint density at radius 2 is 2.09 bits per heavy atom. The van der Waals surface area contributed by atoms with E-state index in [1.54, 1.807) is 23.0 Å². The molecule has 3 heterocycles. The molecule has 10 heteroatoms. The molecule has 2 aromatic heterocycles. The van der Waals surface area contributed by atoms with Gasteiger partial charge < -0.3 is 15.0 Å². The van der Waals surface area contributed by atoms with Crippen molar-refractivity contribution >= 4 is 23.3 Å². The highest BCUT2D eigenvalue weighted by molar-refractivity contribution is 7.13. The quantitative estimate of drug-likeness (QED) is 0.540. The van der Waals surface area contributed by atoms with Crippen LogP contribution in [-0.2, 0) is 24.7 Å². The summed E-state index contributed by atoms with van der Waals surface area (Å²) in [6.07, 6.45) is 11.8. The summed E-state index contributed by atoms with van der Waals surface area (Å²) in [5, 5.41) is 7.60. The molecule has 34 heavy (non-hydrogen) atoms. The molecule has 0 spiro atoms. The summed E-state index contributed by atoms with van der Waals surface area (Å²) in [5.74, 6) is 0.657. The molecule has 1 fully saturated rings. The van der Waals surface area contributed by atoms with E-state index in [0.717, 1.165) is 69.4 Å².